The van der Waals surface area contributed by atoms with Crippen LogP contribution in [0, 0.1) is 0 Å². The molecule has 0 fully saturated rings. The van der Waals surface area contributed by atoms with E-state index in [9.17, 15) is 19.0 Å². The van der Waals surface area contributed by atoms with Gasteiger partial charge in [-0.15, -0.1) is 0 Å². The summed E-state index contributed by atoms with van der Waals surface area (Å²) in [5.41, 5.74) is 0. The van der Waals surface area contributed by atoms with Crippen LogP contribution in [0.3, 0.4) is 0 Å². The first-order chi connectivity index (χ1) is 35.9. The van der Waals surface area contributed by atoms with Crippen LogP contribution in [-0.2, 0) is 27.9 Å². The van der Waals surface area contributed by atoms with Crippen molar-refractivity contribution >= 4 is 19.7 Å². The molecule has 0 heterocycles. The number of carbonyl (C=O) groups excluding carboxylic acids is 2. The Morgan fingerprint density at radius 2 is 0.824 bits per heavy atom. The van der Waals surface area contributed by atoms with Crippen LogP contribution in [0.25, 0.3) is 0 Å². The maximum absolute atomic E-state index is 13.5. The quantitative estimate of drug-likeness (QED) is 0.0205. The van der Waals surface area contributed by atoms with E-state index in [4.69, 9.17) is 13.8 Å². The summed E-state index contributed by atoms with van der Waals surface area (Å²) in [5, 5.41) is 3.06. The van der Waals surface area contributed by atoms with Crippen LogP contribution in [0.2, 0.25) is 0 Å². The van der Waals surface area contributed by atoms with E-state index in [1.807, 2.05) is 33.3 Å². The fourth-order valence-electron chi connectivity index (χ4n) is 9.38. The summed E-state index contributed by atoms with van der Waals surface area (Å²) in [5.74, 6) is -0.495. The normalized spacial score (nSPS) is 13.9. The van der Waals surface area contributed by atoms with E-state index in [1.54, 1.807) is 0 Å². The van der Waals surface area contributed by atoms with Gasteiger partial charge in [-0.3, -0.25) is 18.6 Å². The molecule has 1 amide bonds. The molecule has 0 aromatic carbocycles. The minimum Gasteiger partial charge on any atom is -0.456 e. The molecule has 10 heteroatoms. The van der Waals surface area contributed by atoms with Crippen LogP contribution in [-0.4, -0.2) is 74.3 Å². The van der Waals surface area contributed by atoms with Crippen molar-refractivity contribution in [3.8, 4) is 0 Å². The minimum absolute atomic E-state index is 0.0417. The first-order valence-corrected chi connectivity index (χ1v) is 33.3. The molecule has 2 N–H and O–H groups in total. The number of carbonyl (C=O) groups is 2. The molecule has 0 aromatic rings. The van der Waals surface area contributed by atoms with Gasteiger partial charge in [0.2, 0.25) is 5.91 Å². The first-order valence-electron chi connectivity index (χ1n) is 31.8. The number of hydrogen-bond acceptors (Lipinski definition) is 6. The van der Waals surface area contributed by atoms with Crippen LogP contribution in [0.4, 0.5) is 0 Å². The highest BCUT2D eigenvalue weighted by Gasteiger charge is 2.30. The summed E-state index contributed by atoms with van der Waals surface area (Å²) in [7, 11) is 1.50. The molecule has 74 heavy (non-hydrogen) atoms. The molecule has 0 saturated heterocycles. The van der Waals surface area contributed by atoms with Gasteiger partial charge in [0.15, 0.2) is 0 Å². The van der Waals surface area contributed by atoms with Crippen molar-refractivity contribution in [2.45, 2.75) is 322 Å². The number of rotatable bonds is 58. The molecule has 0 aliphatic rings. The Morgan fingerprint density at radius 3 is 1.24 bits per heavy atom. The van der Waals surface area contributed by atoms with E-state index in [-0.39, 0.29) is 25.1 Å². The Hall–Kier alpha value is -1.77. The van der Waals surface area contributed by atoms with Crippen molar-refractivity contribution in [2.75, 3.05) is 40.9 Å². The second-order valence-corrected chi connectivity index (χ2v) is 24.4. The van der Waals surface area contributed by atoms with Gasteiger partial charge in [-0.2, -0.15) is 0 Å². The van der Waals surface area contributed by atoms with Gasteiger partial charge in [0.25, 0.3) is 0 Å². The van der Waals surface area contributed by atoms with E-state index in [0.717, 1.165) is 64.2 Å². The SMILES string of the molecule is CCCCC/C=C\C/C=C\CCCCCCCCCCCC(=O)NC(COP(=O)(O)OCC[N+](C)(C)C)C(/C=C/CCCCCCCCCCCC)OC(=O)CCCCCCCCCCCCCCCCCCC. The van der Waals surface area contributed by atoms with Gasteiger partial charge in [-0.25, -0.2) is 4.57 Å². The number of amides is 1. The minimum atomic E-state index is -4.45. The lowest BCUT2D eigenvalue weighted by atomic mass is 10.0. The van der Waals surface area contributed by atoms with Gasteiger partial charge >= 0.3 is 13.8 Å². The summed E-state index contributed by atoms with van der Waals surface area (Å²) in [6.45, 7) is 7.02. The number of unbranched alkanes of at least 4 members (excludes halogenated alkanes) is 38. The average Bonchev–Trinajstić information content (AvgIpc) is 3.36. The second-order valence-electron chi connectivity index (χ2n) is 22.9. The summed E-state index contributed by atoms with van der Waals surface area (Å²) in [6, 6.07) is -0.846. The number of esters is 1. The molecule has 0 aliphatic carbocycles. The number of ether oxygens (including phenoxy) is 1. The van der Waals surface area contributed by atoms with Gasteiger partial charge < -0.3 is 19.4 Å². The summed E-state index contributed by atoms with van der Waals surface area (Å²) >= 11 is 0. The zero-order valence-electron chi connectivity index (χ0n) is 49.9. The Balaban J connectivity index is 5.21. The number of likely N-dealkylation sites (N-methyl/N-ethyl adjacent to an activating group) is 1. The topological polar surface area (TPSA) is 111 Å². The monoisotopic (exact) mass is 1060 g/mol. The zero-order valence-corrected chi connectivity index (χ0v) is 50.7. The van der Waals surface area contributed by atoms with Crippen molar-refractivity contribution in [1.82, 2.24) is 5.32 Å². The highest BCUT2D eigenvalue weighted by Crippen LogP contribution is 2.43. The predicted octanol–water partition coefficient (Wildman–Crippen LogP) is 19.5. The van der Waals surface area contributed by atoms with Gasteiger partial charge in [0, 0.05) is 12.8 Å². The van der Waals surface area contributed by atoms with E-state index in [1.165, 1.54) is 212 Å². The van der Waals surface area contributed by atoms with E-state index < -0.39 is 20.0 Å². The molecule has 3 atom stereocenters. The lowest BCUT2D eigenvalue weighted by Crippen LogP contribution is -2.47. The highest BCUT2D eigenvalue weighted by atomic mass is 31.2. The van der Waals surface area contributed by atoms with Crippen LogP contribution in [0.5, 0.6) is 0 Å². The van der Waals surface area contributed by atoms with Crippen LogP contribution < -0.4 is 5.32 Å². The van der Waals surface area contributed by atoms with Gasteiger partial charge in [-0.05, 0) is 63.9 Å². The smallest absolute Gasteiger partial charge is 0.456 e. The summed E-state index contributed by atoms with van der Waals surface area (Å²) in [6.07, 6.45) is 65.6. The maximum atomic E-state index is 13.5. The summed E-state index contributed by atoms with van der Waals surface area (Å²) < 4.78 is 30.7. The van der Waals surface area contributed by atoms with Gasteiger partial charge in [0.1, 0.15) is 19.3 Å². The predicted molar refractivity (Wildman–Crippen MR) is 319 cm³/mol. The maximum Gasteiger partial charge on any atom is 0.472 e. The lowest BCUT2D eigenvalue weighted by Gasteiger charge is -2.27. The molecule has 0 spiro atoms. The third-order valence-electron chi connectivity index (χ3n) is 14.3. The fourth-order valence-corrected chi connectivity index (χ4v) is 10.1. The number of phosphoric ester groups is 1. The zero-order chi connectivity index (χ0) is 54.3. The third kappa shape index (κ3) is 55.0. The largest absolute Gasteiger partial charge is 0.472 e. The molecular weight excluding hydrogens is 940 g/mol. The van der Waals surface area contributed by atoms with Gasteiger partial charge in [0.05, 0.1) is 33.8 Å². The number of quaternary nitrogens is 1. The standard InChI is InChI=1S/C64H123N2O7P/c1-7-10-13-16-19-22-25-28-30-32-33-35-36-38-41-44-47-50-53-56-63(67)65-61(60-72-74(69,70)71-59-58-66(4,5)6)62(55-52-49-46-43-40-27-24-21-18-15-12-9-3)73-64(68)57-54-51-48-45-42-39-37-34-31-29-26-23-20-17-14-11-8-2/h19,22,28,30,52,55,61-62H,7-18,20-21,23-27,29,31-51,53-54,56-60H2,1-6H3,(H-,65,67,69,70)/p+1/b22-19-,30-28-,55-52+. The molecule has 0 aliphatic heterocycles. The Kier molecular flexibility index (Phi) is 53.3. The number of nitrogens with one attached hydrogen (secondary N) is 1. The van der Waals surface area contributed by atoms with Crippen LogP contribution >= 0.6 is 7.82 Å². The Bertz CT molecular complexity index is 1360. The summed E-state index contributed by atoms with van der Waals surface area (Å²) in [4.78, 5) is 37.7. The molecule has 436 valence electrons. The number of hydrogen-bond donors (Lipinski definition) is 2. The molecule has 0 radical (unpaired) electrons. The average molecular weight is 1060 g/mol. The molecule has 0 rings (SSSR count). The molecule has 9 nitrogen and oxygen atoms in total. The molecule has 0 saturated carbocycles. The van der Waals surface area contributed by atoms with Crippen molar-refractivity contribution in [1.29, 1.82) is 0 Å². The third-order valence-corrected chi connectivity index (χ3v) is 15.3. The Morgan fingerprint density at radius 1 is 0.473 bits per heavy atom. The first kappa shape index (κ1) is 72.2. The number of phosphoric acid groups is 1. The number of nitrogens with zero attached hydrogens (tertiary/aromatic N) is 1. The molecule has 0 aromatic heterocycles. The molecule has 3 unspecified atom stereocenters. The van der Waals surface area contributed by atoms with Gasteiger partial charge in [-0.1, -0.05) is 269 Å². The number of allylic oxidation sites excluding steroid dienone is 5. The Labute approximate surface area is 459 Å². The van der Waals surface area contributed by atoms with E-state index in [2.05, 4.69) is 50.4 Å². The van der Waals surface area contributed by atoms with Crippen LogP contribution in [0.15, 0.2) is 36.5 Å². The van der Waals surface area contributed by atoms with E-state index in [0.29, 0.717) is 23.9 Å². The van der Waals surface area contributed by atoms with Crippen molar-refractivity contribution < 1.29 is 37.3 Å². The van der Waals surface area contributed by atoms with Crippen LogP contribution in [0.1, 0.15) is 310 Å². The fraction of sp³-hybridized carbons (Fsp3) is 0.875. The van der Waals surface area contributed by atoms with Crippen molar-refractivity contribution in [3.63, 3.8) is 0 Å². The van der Waals surface area contributed by atoms with Crippen molar-refractivity contribution in [2.24, 2.45) is 0 Å². The lowest BCUT2D eigenvalue weighted by molar-refractivity contribution is -0.870. The van der Waals surface area contributed by atoms with Crippen molar-refractivity contribution in [3.05, 3.63) is 36.5 Å². The van der Waals surface area contributed by atoms with E-state index >= 15 is 0 Å². The highest BCUT2D eigenvalue weighted by molar-refractivity contribution is 7.47. The second kappa shape index (κ2) is 54.6. The molecular formula is C64H124N2O7P+. The molecule has 0 bridgehead atoms.